The fourth-order valence-electron chi connectivity index (χ4n) is 5.18. The fraction of sp³-hybridized carbons (Fsp3) is 0.838. The first-order valence-electron chi connectivity index (χ1n) is 19.7. The third-order valence-corrected chi connectivity index (χ3v) is 8.05. The molecule has 0 aromatic heterocycles. The van der Waals surface area contributed by atoms with Crippen molar-refractivity contribution >= 4 is 67.3 Å². The third kappa shape index (κ3) is 31.2. The first-order valence-corrected chi connectivity index (χ1v) is 22.0. The average Bonchev–Trinajstić information content (AvgIpc) is 3.05. The highest BCUT2D eigenvalue weighted by atomic mass is 79.9. The summed E-state index contributed by atoms with van der Waals surface area (Å²) in [7, 11) is 1.78. The van der Waals surface area contributed by atoms with Crippen molar-refractivity contribution in [3.63, 3.8) is 0 Å². The molecule has 20 heteroatoms. The van der Waals surface area contributed by atoms with E-state index >= 15 is 0 Å². The summed E-state index contributed by atoms with van der Waals surface area (Å²) in [5, 5.41) is 9.32. The van der Waals surface area contributed by atoms with Gasteiger partial charge in [-0.3, -0.25) is 71.8 Å². The van der Waals surface area contributed by atoms with Gasteiger partial charge in [-0.25, -0.2) is 20.0 Å². The number of nitrogens with zero attached hydrogens (tertiary/aromatic N) is 6. The molecule has 0 radical (unpaired) electrons. The maximum atomic E-state index is 12.8. The average molecular weight is 945 g/mol. The van der Waals surface area contributed by atoms with Gasteiger partial charge in [-0.2, -0.15) is 0 Å². The second-order valence-electron chi connectivity index (χ2n) is 16.6. The molecule has 18 nitrogen and oxygen atoms in total. The largest absolute Gasteiger partial charge is 0.287 e. The molecule has 0 aliphatic rings. The number of nitrogens with two attached hydrogens (primary N) is 1. The maximum absolute atomic E-state index is 12.8. The van der Waals surface area contributed by atoms with Crippen LogP contribution in [0.3, 0.4) is 0 Å². The Morgan fingerprint density at radius 1 is 0.439 bits per heavy atom. The van der Waals surface area contributed by atoms with Crippen molar-refractivity contribution in [2.24, 2.45) is 41.4 Å². The second kappa shape index (κ2) is 31.5. The smallest absolute Gasteiger partial charge is 0.257 e. The predicted octanol–water partition coefficient (Wildman–Crippen LogP) is 1.70. The molecule has 0 rings (SSSR count). The van der Waals surface area contributed by atoms with Crippen LogP contribution in [0.1, 0.15) is 83.1 Å². The lowest BCUT2D eigenvalue weighted by atomic mass is 10.2. The van der Waals surface area contributed by atoms with Crippen LogP contribution in [-0.2, 0) is 28.8 Å². The Bertz CT molecular complexity index is 1200. The molecule has 0 heterocycles. The van der Waals surface area contributed by atoms with Gasteiger partial charge in [0.2, 0.25) is 23.6 Å². The Morgan fingerprint density at radius 2 is 0.754 bits per heavy atom. The Labute approximate surface area is 359 Å². The van der Waals surface area contributed by atoms with Gasteiger partial charge in [0.1, 0.15) is 0 Å². The van der Waals surface area contributed by atoms with Crippen molar-refractivity contribution in [3.8, 4) is 0 Å². The number of hydrogen-bond acceptors (Lipinski definition) is 12. The standard InChI is InChI=1S/C19H39BrN6O3.C18H37BrN6O3/c1-14(2)9-24(21-7)12-18(28)22-25(10-15(3)4)13-19(29)26(11-16(5)6)23-17(27)8-20;1-13(2)8-23(20)11-17(27)21-24(9-14(3)4)12-18(28)25(10-15(5)6)22-16(26)7-19/h14-16,21H,8-13H2,1-7H3,(H,22,28)(H,23,27);13-15H,7-12,20H2,1-6H3,(H,21,27)(H,22,26). The van der Waals surface area contributed by atoms with E-state index in [1.807, 2.05) is 74.2 Å². The molecule has 7 N–H and O–H groups in total. The van der Waals surface area contributed by atoms with E-state index in [0.29, 0.717) is 44.6 Å². The van der Waals surface area contributed by atoms with Crippen LogP contribution in [0.2, 0.25) is 0 Å². The normalized spacial score (nSPS) is 11.6. The zero-order chi connectivity index (χ0) is 44.4. The predicted molar refractivity (Wildman–Crippen MR) is 232 cm³/mol. The molecule has 57 heavy (non-hydrogen) atoms. The lowest BCUT2D eigenvalue weighted by Crippen LogP contribution is -2.56. The van der Waals surface area contributed by atoms with E-state index in [1.54, 1.807) is 17.1 Å². The molecule has 0 aliphatic carbocycles. The monoisotopic (exact) mass is 942 g/mol. The van der Waals surface area contributed by atoms with Crippen LogP contribution >= 0.6 is 31.9 Å². The topological polar surface area (TPSA) is 208 Å². The number of alkyl halides is 2. The van der Waals surface area contributed by atoms with E-state index in [0.717, 1.165) is 6.54 Å². The van der Waals surface area contributed by atoms with Gasteiger partial charge in [0.15, 0.2) is 0 Å². The summed E-state index contributed by atoms with van der Waals surface area (Å²) in [4.78, 5) is 73.8. The van der Waals surface area contributed by atoms with Gasteiger partial charge in [-0.1, -0.05) is 115 Å². The lowest BCUT2D eigenvalue weighted by molar-refractivity contribution is -0.144. The van der Waals surface area contributed by atoms with Gasteiger partial charge < -0.3 is 0 Å². The summed E-state index contributed by atoms with van der Waals surface area (Å²) in [5.41, 5.74) is 13.8. The molecule has 0 unspecified atom stereocenters. The Balaban J connectivity index is 0. The molecular weight excluding hydrogens is 868 g/mol. The first-order chi connectivity index (χ1) is 26.4. The van der Waals surface area contributed by atoms with E-state index in [-0.39, 0.29) is 96.0 Å². The van der Waals surface area contributed by atoms with Gasteiger partial charge in [-0.05, 0) is 42.6 Å². The SMILES string of the molecule is CC(C)CN(N)CC(=O)NN(CC(=O)N(CC(C)C)NC(=O)CBr)CC(C)C.CNN(CC(=O)NN(CC(=O)N(CC(C)C)NC(=O)CBr)CC(C)C)CC(C)C. The second-order valence-corrected chi connectivity index (χ2v) is 17.7. The van der Waals surface area contributed by atoms with E-state index in [1.165, 1.54) is 15.0 Å². The number of hydrazine groups is 6. The highest BCUT2D eigenvalue weighted by Gasteiger charge is 2.24. The summed E-state index contributed by atoms with van der Waals surface area (Å²) in [6, 6.07) is 0. The van der Waals surface area contributed by atoms with Crippen LogP contribution in [0.5, 0.6) is 0 Å². The summed E-state index contributed by atoms with van der Waals surface area (Å²) in [5.74, 6) is 5.79. The van der Waals surface area contributed by atoms with Gasteiger partial charge in [-0.15, -0.1) is 0 Å². The molecule has 6 amide bonds. The molecule has 334 valence electrons. The maximum Gasteiger partial charge on any atom is 0.257 e. The summed E-state index contributed by atoms with van der Waals surface area (Å²) < 4.78 is 0. The van der Waals surface area contributed by atoms with Crippen molar-refractivity contribution in [2.75, 3.05) is 83.2 Å². The molecule has 0 bridgehead atoms. The van der Waals surface area contributed by atoms with Crippen LogP contribution in [0, 0.1) is 35.5 Å². The van der Waals surface area contributed by atoms with E-state index in [4.69, 9.17) is 5.84 Å². The lowest BCUT2D eigenvalue weighted by Gasteiger charge is -2.30. The van der Waals surface area contributed by atoms with Gasteiger partial charge in [0, 0.05) is 39.3 Å². The van der Waals surface area contributed by atoms with Gasteiger partial charge in [0.05, 0.1) is 36.8 Å². The number of amides is 6. The molecule has 0 aromatic carbocycles. The number of hydrogen-bond donors (Lipinski definition) is 6. The van der Waals surface area contributed by atoms with Crippen LogP contribution in [0.25, 0.3) is 0 Å². The quantitative estimate of drug-likeness (QED) is 0.0440. The Hall–Kier alpha value is -2.46. The molecule has 0 aromatic rings. The summed E-state index contributed by atoms with van der Waals surface area (Å²) in [6.45, 7) is 27.3. The molecule has 0 aliphatic heterocycles. The van der Waals surface area contributed by atoms with Crippen LogP contribution in [0.15, 0.2) is 0 Å². The van der Waals surface area contributed by atoms with Crippen molar-refractivity contribution in [2.45, 2.75) is 83.1 Å². The van der Waals surface area contributed by atoms with Crippen molar-refractivity contribution < 1.29 is 28.8 Å². The summed E-state index contributed by atoms with van der Waals surface area (Å²) in [6.07, 6.45) is 0. The Morgan fingerprint density at radius 3 is 1.05 bits per heavy atom. The molecule has 0 fully saturated rings. The minimum Gasteiger partial charge on any atom is -0.287 e. The zero-order valence-corrected chi connectivity index (χ0v) is 40.1. The van der Waals surface area contributed by atoms with E-state index in [2.05, 4.69) is 72.8 Å². The van der Waals surface area contributed by atoms with E-state index < -0.39 is 0 Å². The number of rotatable bonds is 25. The highest BCUT2D eigenvalue weighted by Crippen LogP contribution is 2.04. The Kier molecular flexibility index (Phi) is 31.3. The van der Waals surface area contributed by atoms with Crippen molar-refractivity contribution in [1.82, 2.24) is 57.2 Å². The summed E-state index contributed by atoms with van der Waals surface area (Å²) >= 11 is 6.17. The number of halogens is 2. The molecule has 0 atom stereocenters. The minimum absolute atomic E-state index is 0.0249. The first kappa shape index (κ1) is 56.6. The van der Waals surface area contributed by atoms with Crippen LogP contribution in [-0.4, -0.2) is 149 Å². The molecule has 0 spiro atoms. The van der Waals surface area contributed by atoms with Gasteiger partial charge in [0.25, 0.3) is 11.8 Å². The van der Waals surface area contributed by atoms with Crippen LogP contribution in [0.4, 0.5) is 0 Å². The van der Waals surface area contributed by atoms with Crippen molar-refractivity contribution in [1.29, 1.82) is 0 Å². The molecule has 0 saturated carbocycles. The van der Waals surface area contributed by atoms with Crippen LogP contribution < -0.4 is 33.0 Å². The zero-order valence-electron chi connectivity index (χ0n) is 36.9. The number of carbonyl (C=O) groups is 6. The molecule has 0 saturated heterocycles. The number of nitrogens with one attached hydrogen (secondary N) is 5. The number of carbonyl (C=O) groups excluding carboxylic acids is 6. The highest BCUT2D eigenvalue weighted by molar-refractivity contribution is 9.09. The molecular formula is C37H76Br2N12O6. The third-order valence-electron chi connectivity index (χ3n) is 7.03. The van der Waals surface area contributed by atoms with Crippen molar-refractivity contribution in [3.05, 3.63) is 0 Å². The fourth-order valence-corrected chi connectivity index (χ4v) is 5.43. The van der Waals surface area contributed by atoms with E-state index in [9.17, 15) is 28.8 Å². The van der Waals surface area contributed by atoms with Gasteiger partial charge >= 0.3 is 0 Å². The minimum atomic E-state index is -0.305.